The molecule has 190 valence electrons. The maximum atomic E-state index is 12.9. The molecule has 0 aliphatic heterocycles. The molecule has 1 aromatic rings. The van der Waals surface area contributed by atoms with E-state index in [4.69, 9.17) is 22.3 Å². The Balaban J connectivity index is 2.92. The molecule has 34 heavy (non-hydrogen) atoms. The van der Waals surface area contributed by atoms with Crippen molar-refractivity contribution in [3.05, 3.63) is 18.2 Å². The second-order valence-corrected chi connectivity index (χ2v) is 7.91. The Labute approximate surface area is 201 Å². The van der Waals surface area contributed by atoms with Crippen LogP contribution >= 0.6 is 12.6 Å². The molecule has 0 saturated heterocycles. The zero-order chi connectivity index (χ0) is 25.7. The van der Waals surface area contributed by atoms with Crippen molar-refractivity contribution in [1.29, 1.82) is 0 Å². The topological polar surface area (TPSA) is 248 Å². The number of aromatic nitrogens is 2. The van der Waals surface area contributed by atoms with Crippen molar-refractivity contribution in [2.45, 2.75) is 56.3 Å². The van der Waals surface area contributed by atoms with E-state index in [9.17, 15) is 24.0 Å². The fourth-order valence-electron chi connectivity index (χ4n) is 2.91. The smallest absolute Gasteiger partial charge is 0.327 e. The molecule has 0 aliphatic rings. The zero-order valence-electron chi connectivity index (χ0n) is 18.5. The van der Waals surface area contributed by atoms with Crippen molar-refractivity contribution in [2.75, 3.05) is 12.3 Å². The van der Waals surface area contributed by atoms with Crippen molar-refractivity contribution in [2.24, 2.45) is 17.2 Å². The van der Waals surface area contributed by atoms with Crippen LogP contribution in [-0.2, 0) is 30.4 Å². The number of imidazole rings is 1. The first-order chi connectivity index (χ1) is 16.1. The van der Waals surface area contributed by atoms with Gasteiger partial charge < -0.3 is 43.2 Å². The number of nitrogens with zero attached hydrogens (tertiary/aromatic N) is 1. The molecule has 0 saturated carbocycles. The molecule has 0 radical (unpaired) electrons. The van der Waals surface area contributed by atoms with E-state index in [-0.39, 0.29) is 18.6 Å². The van der Waals surface area contributed by atoms with Gasteiger partial charge in [-0.05, 0) is 25.8 Å². The van der Waals surface area contributed by atoms with Crippen molar-refractivity contribution in [1.82, 2.24) is 25.9 Å². The summed E-state index contributed by atoms with van der Waals surface area (Å²) >= 11 is 3.86. The lowest BCUT2D eigenvalue weighted by Gasteiger charge is -2.24. The maximum absolute atomic E-state index is 12.9. The van der Waals surface area contributed by atoms with Crippen LogP contribution in [0.25, 0.3) is 0 Å². The molecule has 0 spiro atoms. The Morgan fingerprint density at radius 2 is 1.65 bits per heavy atom. The highest BCUT2D eigenvalue weighted by Gasteiger charge is 2.30. The molecular weight excluding hydrogens is 468 g/mol. The number of nitrogens with one attached hydrogen (secondary N) is 4. The molecular formula is C19H32N8O6S. The minimum atomic E-state index is -1.46. The maximum Gasteiger partial charge on any atom is 0.327 e. The molecule has 15 heteroatoms. The van der Waals surface area contributed by atoms with Gasteiger partial charge in [0.25, 0.3) is 0 Å². The second-order valence-electron chi connectivity index (χ2n) is 7.55. The van der Waals surface area contributed by atoms with Crippen molar-refractivity contribution < 1.29 is 29.1 Å². The Kier molecular flexibility index (Phi) is 12.6. The molecule has 4 unspecified atom stereocenters. The van der Waals surface area contributed by atoms with Crippen LogP contribution in [0.15, 0.2) is 12.5 Å². The fraction of sp³-hybridized carbons (Fsp3) is 0.579. The highest BCUT2D eigenvalue weighted by atomic mass is 32.1. The summed E-state index contributed by atoms with van der Waals surface area (Å²) in [6.07, 6.45) is 3.77. The Bertz CT molecular complexity index is 837. The van der Waals surface area contributed by atoms with E-state index >= 15 is 0 Å². The molecule has 11 N–H and O–H groups in total. The highest BCUT2D eigenvalue weighted by molar-refractivity contribution is 7.80. The van der Waals surface area contributed by atoms with Gasteiger partial charge >= 0.3 is 5.97 Å². The molecule has 0 aliphatic carbocycles. The quantitative estimate of drug-likeness (QED) is 0.0815. The van der Waals surface area contributed by atoms with Crippen molar-refractivity contribution in [3.63, 3.8) is 0 Å². The molecule has 4 atom stereocenters. The molecule has 0 bridgehead atoms. The van der Waals surface area contributed by atoms with Crippen molar-refractivity contribution in [3.8, 4) is 0 Å². The van der Waals surface area contributed by atoms with Crippen LogP contribution in [0.4, 0.5) is 0 Å². The number of primary amides is 1. The minimum absolute atomic E-state index is 0.149. The van der Waals surface area contributed by atoms with Crippen LogP contribution in [0.3, 0.4) is 0 Å². The standard InChI is InChI=1S/C19H32N8O6S/c20-4-2-1-3-12(25-16(29)11(21)5-10-7-23-9-24-10)17(30)26-13(6-15(22)28)18(31)27-14(8-34)19(32)33/h7,9,11-14,34H,1-6,8,20-21H2,(H2,22,28)(H,23,24)(H,25,29)(H,26,30)(H,27,31)(H,32,33). The van der Waals surface area contributed by atoms with Gasteiger partial charge in [-0.2, -0.15) is 12.6 Å². The lowest BCUT2D eigenvalue weighted by atomic mass is 10.1. The minimum Gasteiger partial charge on any atom is -0.480 e. The highest BCUT2D eigenvalue weighted by Crippen LogP contribution is 2.05. The lowest BCUT2D eigenvalue weighted by Crippen LogP contribution is -2.58. The summed E-state index contributed by atoms with van der Waals surface area (Å²) in [6, 6.07) is -4.88. The van der Waals surface area contributed by atoms with Gasteiger partial charge in [-0.1, -0.05) is 0 Å². The number of aliphatic carboxylic acids is 1. The van der Waals surface area contributed by atoms with Gasteiger partial charge in [0.1, 0.15) is 18.1 Å². The van der Waals surface area contributed by atoms with Crippen LogP contribution < -0.4 is 33.2 Å². The largest absolute Gasteiger partial charge is 0.480 e. The number of aromatic amines is 1. The number of hydrogen-bond donors (Lipinski definition) is 9. The summed E-state index contributed by atoms with van der Waals surface area (Å²) < 4.78 is 0. The lowest BCUT2D eigenvalue weighted by molar-refractivity contribution is -0.141. The summed E-state index contributed by atoms with van der Waals surface area (Å²) in [6.45, 7) is 0.370. The summed E-state index contributed by atoms with van der Waals surface area (Å²) in [5, 5.41) is 16.2. The van der Waals surface area contributed by atoms with Gasteiger partial charge in [-0.15, -0.1) is 0 Å². The average molecular weight is 501 g/mol. The number of carbonyl (C=O) groups is 5. The van der Waals surface area contributed by atoms with E-state index in [0.717, 1.165) is 0 Å². The van der Waals surface area contributed by atoms with Gasteiger partial charge in [-0.3, -0.25) is 19.2 Å². The fourth-order valence-corrected chi connectivity index (χ4v) is 3.15. The van der Waals surface area contributed by atoms with E-state index in [2.05, 4.69) is 38.5 Å². The van der Waals surface area contributed by atoms with E-state index < -0.39 is 60.2 Å². The summed E-state index contributed by atoms with van der Waals surface area (Å²) in [7, 11) is 0. The number of nitrogens with two attached hydrogens (primary N) is 3. The molecule has 1 heterocycles. The van der Waals surface area contributed by atoms with Gasteiger partial charge in [0.15, 0.2) is 0 Å². The number of thiol groups is 1. The van der Waals surface area contributed by atoms with Crippen molar-refractivity contribution >= 4 is 42.2 Å². The predicted molar refractivity (Wildman–Crippen MR) is 124 cm³/mol. The molecule has 4 amide bonds. The zero-order valence-corrected chi connectivity index (χ0v) is 19.4. The predicted octanol–water partition coefficient (Wildman–Crippen LogP) is -3.25. The van der Waals surface area contributed by atoms with E-state index in [1.165, 1.54) is 12.5 Å². The Morgan fingerprint density at radius 1 is 1.03 bits per heavy atom. The number of amides is 4. The van der Waals surface area contributed by atoms with Gasteiger partial charge in [0.2, 0.25) is 23.6 Å². The average Bonchev–Trinajstić information content (AvgIpc) is 3.28. The SMILES string of the molecule is NCCCCC(NC(=O)C(N)Cc1cnc[nH]1)C(=O)NC(CC(N)=O)C(=O)NC(CS)C(=O)O. The first kappa shape index (κ1) is 28.9. The van der Waals surface area contributed by atoms with E-state index in [0.29, 0.717) is 25.1 Å². The van der Waals surface area contributed by atoms with Crippen LogP contribution in [0.1, 0.15) is 31.4 Å². The molecule has 0 aromatic carbocycles. The third-order valence-corrected chi connectivity index (χ3v) is 5.11. The first-order valence-corrected chi connectivity index (χ1v) is 11.2. The summed E-state index contributed by atoms with van der Waals surface area (Å²) in [4.78, 5) is 67.3. The number of unbranched alkanes of at least 4 members (excludes halogenated alkanes) is 1. The number of rotatable bonds is 16. The van der Waals surface area contributed by atoms with E-state index in [1.54, 1.807) is 0 Å². The molecule has 0 fully saturated rings. The van der Waals surface area contributed by atoms with Crippen LogP contribution in [0.5, 0.6) is 0 Å². The number of carboxylic acid groups (broad SMARTS) is 1. The second kappa shape index (κ2) is 14.9. The van der Waals surface area contributed by atoms with E-state index in [1.807, 2.05) is 0 Å². The third-order valence-electron chi connectivity index (χ3n) is 4.75. The Hall–Kier alpha value is -3.17. The molecule has 14 nitrogen and oxygen atoms in total. The third kappa shape index (κ3) is 10.2. The Morgan fingerprint density at radius 3 is 2.18 bits per heavy atom. The monoisotopic (exact) mass is 500 g/mol. The van der Waals surface area contributed by atoms with Crippen LogP contribution in [0.2, 0.25) is 0 Å². The molecule has 1 aromatic heterocycles. The molecule has 1 rings (SSSR count). The first-order valence-electron chi connectivity index (χ1n) is 10.5. The normalized spacial score (nSPS) is 14.3. The van der Waals surface area contributed by atoms with Gasteiger partial charge in [-0.25, -0.2) is 9.78 Å². The number of hydrogen-bond acceptors (Lipinski definition) is 9. The number of H-pyrrole nitrogens is 1. The summed E-state index contributed by atoms with van der Waals surface area (Å²) in [5.41, 5.74) is 17.2. The van der Waals surface area contributed by atoms with Crippen LogP contribution in [-0.4, -0.2) is 81.1 Å². The summed E-state index contributed by atoms with van der Waals surface area (Å²) in [5.74, 6) is -4.77. The van der Waals surface area contributed by atoms with Gasteiger partial charge in [0, 0.05) is 24.1 Å². The number of carboxylic acids is 1. The number of carbonyl (C=O) groups excluding carboxylic acids is 4. The van der Waals surface area contributed by atoms with Gasteiger partial charge in [0.05, 0.1) is 18.8 Å². The van der Waals surface area contributed by atoms with Crippen LogP contribution in [0, 0.1) is 0 Å².